The minimum Gasteiger partial charge on any atom is -0.377 e. The van der Waals surface area contributed by atoms with E-state index in [-0.39, 0.29) is 12.1 Å². The van der Waals surface area contributed by atoms with E-state index in [0.717, 1.165) is 25.2 Å². The Morgan fingerprint density at radius 3 is 2.93 bits per heavy atom. The van der Waals surface area contributed by atoms with Crippen molar-refractivity contribution in [2.75, 3.05) is 25.1 Å². The van der Waals surface area contributed by atoms with Crippen LogP contribution in [0.2, 0.25) is 0 Å². The van der Waals surface area contributed by atoms with Crippen LogP contribution in [0.25, 0.3) is 0 Å². The minimum absolute atomic E-state index is 0.0134. The molecular weight excluding hydrogens is 188 g/mol. The molecule has 1 aromatic carbocycles. The quantitative estimate of drug-likeness (QED) is 0.653. The van der Waals surface area contributed by atoms with Crippen LogP contribution in [0.1, 0.15) is 18.9 Å². The molecule has 1 aliphatic heterocycles. The van der Waals surface area contributed by atoms with Gasteiger partial charge in [-0.3, -0.25) is 0 Å². The summed E-state index contributed by atoms with van der Waals surface area (Å²) in [5.41, 5.74) is 2.54. The lowest BCUT2D eigenvalue weighted by atomic mass is 9.81. The van der Waals surface area contributed by atoms with E-state index in [9.17, 15) is 0 Å². The summed E-state index contributed by atoms with van der Waals surface area (Å²) in [4.78, 5) is 0. The molecule has 0 radical (unpaired) electrons. The lowest BCUT2D eigenvalue weighted by Gasteiger charge is -2.26. The molecule has 15 heavy (non-hydrogen) atoms. The normalized spacial score (nSPS) is 25.5. The molecule has 2 rings (SSSR count). The van der Waals surface area contributed by atoms with E-state index >= 15 is 0 Å². The van der Waals surface area contributed by atoms with E-state index in [1.165, 1.54) is 5.56 Å². The molecule has 0 spiro atoms. The van der Waals surface area contributed by atoms with Gasteiger partial charge in [0.2, 0.25) is 0 Å². The van der Waals surface area contributed by atoms with Gasteiger partial charge in [0.1, 0.15) is 6.73 Å². The van der Waals surface area contributed by atoms with Crippen LogP contribution < -0.4 is 10.6 Å². The van der Waals surface area contributed by atoms with Crippen molar-refractivity contribution in [1.29, 1.82) is 0 Å². The van der Waals surface area contributed by atoms with E-state index in [0.29, 0.717) is 0 Å². The number of hydrogen-bond donors (Lipinski definition) is 3. The average Bonchev–Trinajstić information content (AvgIpc) is 2.68. The van der Waals surface area contributed by atoms with Crippen molar-refractivity contribution in [2.45, 2.75) is 18.8 Å². The summed E-state index contributed by atoms with van der Waals surface area (Å²) in [5.74, 6) is 0. The van der Waals surface area contributed by atoms with Crippen LogP contribution in [0.15, 0.2) is 24.3 Å². The highest BCUT2D eigenvalue weighted by atomic mass is 16.3. The monoisotopic (exact) mass is 206 g/mol. The van der Waals surface area contributed by atoms with E-state index in [1.54, 1.807) is 0 Å². The highest BCUT2D eigenvalue weighted by Gasteiger charge is 2.32. The molecular formula is C12H18N2O. The number of aliphatic hydroxyl groups excluding tert-OH is 1. The molecule has 1 aromatic rings. The van der Waals surface area contributed by atoms with Crippen molar-refractivity contribution >= 4 is 5.69 Å². The fraction of sp³-hybridized carbons (Fsp3) is 0.500. The summed E-state index contributed by atoms with van der Waals surface area (Å²) in [6, 6.07) is 8.22. The molecule has 1 fully saturated rings. The zero-order valence-electron chi connectivity index (χ0n) is 9.09. The van der Waals surface area contributed by atoms with Crippen LogP contribution in [0, 0.1) is 0 Å². The highest BCUT2D eigenvalue weighted by Crippen LogP contribution is 2.34. The molecule has 0 aliphatic carbocycles. The molecule has 1 heterocycles. The first-order valence-electron chi connectivity index (χ1n) is 5.41. The van der Waals surface area contributed by atoms with Crippen molar-refractivity contribution in [3.8, 4) is 0 Å². The number of rotatable bonds is 3. The number of aliphatic hydroxyl groups is 1. The number of anilines is 1. The maximum Gasteiger partial charge on any atom is 0.113 e. The van der Waals surface area contributed by atoms with Gasteiger partial charge in [0.25, 0.3) is 0 Å². The number of hydrogen-bond acceptors (Lipinski definition) is 3. The third kappa shape index (κ3) is 1.98. The lowest BCUT2D eigenvalue weighted by Crippen LogP contribution is -2.26. The summed E-state index contributed by atoms with van der Waals surface area (Å²) in [6.45, 7) is 4.34. The molecule has 82 valence electrons. The van der Waals surface area contributed by atoms with E-state index in [1.807, 2.05) is 12.1 Å². The Hall–Kier alpha value is -1.06. The standard InChI is InChI=1S/C12H18N2O/c1-12(6-7-13-8-12)10-4-2-3-5-11(10)14-9-15/h2-5,13-15H,6-9H2,1H3. The van der Waals surface area contributed by atoms with Crippen LogP contribution in [0.3, 0.4) is 0 Å². The molecule has 3 N–H and O–H groups in total. The van der Waals surface area contributed by atoms with Crippen molar-refractivity contribution in [1.82, 2.24) is 5.32 Å². The second kappa shape index (κ2) is 4.21. The zero-order valence-corrected chi connectivity index (χ0v) is 9.09. The Kier molecular flexibility index (Phi) is 2.93. The Bertz CT molecular complexity index is 332. The topological polar surface area (TPSA) is 44.3 Å². The van der Waals surface area contributed by atoms with Gasteiger partial charge in [-0.05, 0) is 24.6 Å². The zero-order chi connectivity index (χ0) is 10.7. The van der Waals surface area contributed by atoms with Gasteiger partial charge in [-0.15, -0.1) is 0 Å². The summed E-state index contributed by atoms with van der Waals surface area (Å²) < 4.78 is 0. The van der Waals surface area contributed by atoms with Crippen molar-refractivity contribution in [3.05, 3.63) is 29.8 Å². The second-order valence-electron chi connectivity index (χ2n) is 4.37. The molecule has 3 nitrogen and oxygen atoms in total. The fourth-order valence-corrected chi connectivity index (χ4v) is 2.30. The number of benzene rings is 1. The van der Waals surface area contributed by atoms with Gasteiger partial charge in [0.15, 0.2) is 0 Å². The predicted octanol–water partition coefficient (Wildman–Crippen LogP) is 1.30. The van der Waals surface area contributed by atoms with Gasteiger partial charge >= 0.3 is 0 Å². The third-order valence-corrected chi connectivity index (χ3v) is 3.22. The van der Waals surface area contributed by atoms with Crippen LogP contribution in [0.4, 0.5) is 5.69 Å². The summed E-state index contributed by atoms with van der Waals surface area (Å²) in [5, 5.41) is 15.3. The minimum atomic E-state index is -0.0134. The van der Waals surface area contributed by atoms with Crippen LogP contribution >= 0.6 is 0 Å². The Morgan fingerprint density at radius 1 is 1.47 bits per heavy atom. The number of para-hydroxylation sites is 1. The molecule has 1 unspecified atom stereocenters. The van der Waals surface area contributed by atoms with E-state index in [2.05, 4.69) is 29.7 Å². The third-order valence-electron chi connectivity index (χ3n) is 3.22. The first-order chi connectivity index (χ1) is 7.26. The SMILES string of the molecule is CC1(c2ccccc2NCO)CCNC1. The van der Waals surface area contributed by atoms with Gasteiger partial charge in [-0.2, -0.15) is 0 Å². The maximum atomic E-state index is 8.94. The van der Waals surface area contributed by atoms with Crippen molar-refractivity contribution in [2.24, 2.45) is 0 Å². The van der Waals surface area contributed by atoms with Gasteiger partial charge < -0.3 is 15.7 Å². The molecule has 1 aliphatic rings. The van der Waals surface area contributed by atoms with Gasteiger partial charge in [-0.1, -0.05) is 25.1 Å². The van der Waals surface area contributed by atoms with Crippen molar-refractivity contribution in [3.63, 3.8) is 0 Å². The van der Waals surface area contributed by atoms with E-state index < -0.39 is 0 Å². The molecule has 0 aromatic heterocycles. The smallest absolute Gasteiger partial charge is 0.113 e. The molecule has 0 saturated carbocycles. The summed E-state index contributed by atoms with van der Waals surface area (Å²) in [7, 11) is 0. The molecule has 3 heteroatoms. The molecule has 1 saturated heterocycles. The van der Waals surface area contributed by atoms with Crippen molar-refractivity contribution < 1.29 is 5.11 Å². The lowest BCUT2D eigenvalue weighted by molar-refractivity contribution is 0.325. The first-order valence-corrected chi connectivity index (χ1v) is 5.41. The number of nitrogens with one attached hydrogen (secondary N) is 2. The highest BCUT2D eigenvalue weighted by molar-refractivity contribution is 5.54. The fourth-order valence-electron chi connectivity index (χ4n) is 2.30. The van der Waals surface area contributed by atoms with Gasteiger partial charge in [-0.25, -0.2) is 0 Å². The van der Waals surface area contributed by atoms with Crippen LogP contribution in [-0.4, -0.2) is 24.9 Å². The molecule has 0 bridgehead atoms. The molecule has 1 atom stereocenters. The second-order valence-corrected chi connectivity index (χ2v) is 4.37. The average molecular weight is 206 g/mol. The first kappa shape index (κ1) is 10.5. The predicted molar refractivity (Wildman–Crippen MR) is 62.0 cm³/mol. The van der Waals surface area contributed by atoms with Crippen LogP contribution in [0.5, 0.6) is 0 Å². The Morgan fingerprint density at radius 2 is 2.27 bits per heavy atom. The molecule has 0 amide bonds. The maximum absolute atomic E-state index is 8.94. The Labute approximate surface area is 90.5 Å². The summed E-state index contributed by atoms with van der Waals surface area (Å²) >= 11 is 0. The van der Waals surface area contributed by atoms with Gasteiger partial charge in [0, 0.05) is 17.6 Å². The largest absolute Gasteiger partial charge is 0.377 e. The van der Waals surface area contributed by atoms with Gasteiger partial charge in [0.05, 0.1) is 0 Å². The van der Waals surface area contributed by atoms with E-state index in [4.69, 9.17) is 5.11 Å². The Balaban J connectivity index is 2.33. The summed E-state index contributed by atoms with van der Waals surface area (Å²) in [6.07, 6.45) is 1.15. The van der Waals surface area contributed by atoms with Crippen LogP contribution in [-0.2, 0) is 5.41 Å².